The molecule has 0 saturated heterocycles. The van der Waals surface area contributed by atoms with Gasteiger partial charge in [0.25, 0.3) is 0 Å². The van der Waals surface area contributed by atoms with Gasteiger partial charge < -0.3 is 0 Å². The molecule has 80 valence electrons. The molecular formula is C10H9ClINS2. The number of hydrogen-bond donors (Lipinski definition) is 0. The highest BCUT2D eigenvalue weighted by Gasteiger charge is 2.07. The Bertz CT molecular complexity index is 413. The summed E-state index contributed by atoms with van der Waals surface area (Å²) in [4.78, 5) is 4.55. The fourth-order valence-electron chi connectivity index (χ4n) is 1.12. The first-order chi connectivity index (χ1) is 7.29. The molecule has 0 aliphatic heterocycles. The molecule has 1 nitrogen and oxygen atoms in total. The SMILES string of the molecule is ClCC(I)CSc1nc2ccccc2s1. The molecular weight excluding hydrogens is 361 g/mol. The van der Waals surface area contributed by atoms with E-state index in [1.165, 1.54) is 4.70 Å². The fraction of sp³-hybridized carbons (Fsp3) is 0.300. The molecule has 0 spiro atoms. The van der Waals surface area contributed by atoms with Gasteiger partial charge in [-0.05, 0) is 12.1 Å². The van der Waals surface area contributed by atoms with E-state index < -0.39 is 0 Å². The van der Waals surface area contributed by atoms with Gasteiger partial charge in [0.2, 0.25) is 0 Å². The molecule has 5 heteroatoms. The summed E-state index contributed by atoms with van der Waals surface area (Å²) in [6.45, 7) is 0. The Labute approximate surface area is 116 Å². The first kappa shape index (κ1) is 12.0. The lowest BCUT2D eigenvalue weighted by molar-refractivity contribution is 1.18. The van der Waals surface area contributed by atoms with Gasteiger partial charge in [-0.1, -0.05) is 46.5 Å². The largest absolute Gasteiger partial charge is 0.230 e. The second-order valence-corrected chi connectivity index (χ2v) is 7.38. The summed E-state index contributed by atoms with van der Waals surface area (Å²) in [7, 11) is 0. The minimum absolute atomic E-state index is 0.515. The van der Waals surface area contributed by atoms with Crippen molar-refractivity contribution in [2.45, 2.75) is 8.26 Å². The molecule has 0 saturated carbocycles. The summed E-state index contributed by atoms with van der Waals surface area (Å²) >= 11 is 11.7. The van der Waals surface area contributed by atoms with Crippen LogP contribution in [0.4, 0.5) is 0 Å². The van der Waals surface area contributed by atoms with Crippen LogP contribution in [-0.4, -0.2) is 20.5 Å². The van der Waals surface area contributed by atoms with Gasteiger partial charge in [-0.15, -0.1) is 22.9 Å². The maximum atomic E-state index is 5.76. The van der Waals surface area contributed by atoms with Crippen LogP contribution in [-0.2, 0) is 0 Å². The average molecular weight is 370 g/mol. The van der Waals surface area contributed by atoms with Gasteiger partial charge in [0.15, 0.2) is 4.34 Å². The zero-order valence-electron chi connectivity index (χ0n) is 7.82. The number of nitrogens with zero attached hydrogens (tertiary/aromatic N) is 1. The number of thiazole rings is 1. The van der Waals surface area contributed by atoms with Gasteiger partial charge in [0.1, 0.15) is 0 Å². The van der Waals surface area contributed by atoms with Crippen LogP contribution >= 0.6 is 57.3 Å². The summed E-state index contributed by atoms with van der Waals surface area (Å²) in [5, 5.41) is 0. The maximum Gasteiger partial charge on any atom is 0.151 e. The van der Waals surface area contributed by atoms with Crippen molar-refractivity contribution in [2.24, 2.45) is 0 Å². The highest BCUT2D eigenvalue weighted by molar-refractivity contribution is 14.1. The Morgan fingerprint density at radius 3 is 3.00 bits per heavy atom. The number of alkyl halides is 2. The van der Waals surface area contributed by atoms with Gasteiger partial charge in [-0.25, -0.2) is 4.98 Å². The Kier molecular flexibility index (Phi) is 4.54. The summed E-state index contributed by atoms with van der Waals surface area (Å²) in [6, 6.07) is 8.24. The van der Waals surface area contributed by atoms with E-state index in [-0.39, 0.29) is 0 Å². The zero-order chi connectivity index (χ0) is 10.7. The van der Waals surface area contributed by atoms with Crippen molar-refractivity contribution in [3.63, 3.8) is 0 Å². The van der Waals surface area contributed by atoms with Gasteiger partial charge in [0.05, 0.1) is 10.2 Å². The van der Waals surface area contributed by atoms with Crippen molar-refractivity contribution in [2.75, 3.05) is 11.6 Å². The molecule has 0 N–H and O–H groups in total. The van der Waals surface area contributed by atoms with Crippen molar-refractivity contribution in [3.8, 4) is 0 Å². The van der Waals surface area contributed by atoms with Crippen LogP contribution in [0.15, 0.2) is 28.6 Å². The molecule has 1 atom stereocenters. The minimum atomic E-state index is 0.515. The van der Waals surface area contributed by atoms with Crippen LogP contribution < -0.4 is 0 Å². The highest BCUT2D eigenvalue weighted by Crippen LogP contribution is 2.30. The fourth-order valence-corrected chi connectivity index (χ4v) is 3.91. The first-order valence-corrected chi connectivity index (χ1v) is 8.06. The lowest BCUT2D eigenvalue weighted by Gasteiger charge is -2.01. The van der Waals surface area contributed by atoms with Crippen LogP contribution in [0.2, 0.25) is 0 Å². The van der Waals surface area contributed by atoms with Crippen LogP contribution in [0, 0.1) is 0 Å². The standard InChI is InChI=1S/C10H9ClINS2/c11-5-7(12)6-14-10-13-8-3-1-2-4-9(8)15-10/h1-4,7H,5-6H2. The Hall–Kier alpha value is 0.480. The third kappa shape index (κ3) is 3.22. The van der Waals surface area contributed by atoms with E-state index in [1.807, 2.05) is 6.07 Å². The molecule has 0 aliphatic carbocycles. The molecule has 2 aromatic rings. The van der Waals surface area contributed by atoms with Crippen molar-refractivity contribution < 1.29 is 0 Å². The van der Waals surface area contributed by atoms with Crippen LogP contribution in [0.25, 0.3) is 10.2 Å². The van der Waals surface area contributed by atoms with Crippen molar-refractivity contribution in [1.29, 1.82) is 0 Å². The lowest BCUT2D eigenvalue weighted by atomic mass is 10.3. The molecule has 1 unspecified atom stereocenters. The molecule has 1 aromatic carbocycles. The number of thioether (sulfide) groups is 1. The van der Waals surface area contributed by atoms with E-state index in [1.54, 1.807) is 23.1 Å². The topological polar surface area (TPSA) is 12.9 Å². The van der Waals surface area contributed by atoms with Crippen LogP contribution in [0.5, 0.6) is 0 Å². The number of hydrogen-bond acceptors (Lipinski definition) is 3. The number of rotatable bonds is 4. The predicted molar refractivity (Wildman–Crippen MR) is 78.9 cm³/mol. The molecule has 2 rings (SSSR count). The van der Waals surface area contributed by atoms with E-state index in [4.69, 9.17) is 11.6 Å². The normalized spacial score (nSPS) is 13.2. The highest BCUT2D eigenvalue weighted by atomic mass is 127. The molecule has 1 heterocycles. The Balaban J connectivity index is 2.09. The average Bonchev–Trinajstić information content (AvgIpc) is 2.68. The summed E-state index contributed by atoms with van der Waals surface area (Å²) in [5.74, 6) is 1.74. The van der Waals surface area contributed by atoms with E-state index in [0.717, 1.165) is 15.6 Å². The number of halogens is 2. The van der Waals surface area contributed by atoms with Crippen molar-refractivity contribution >= 4 is 67.5 Å². The van der Waals surface area contributed by atoms with E-state index in [2.05, 4.69) is 45.8 Å². The first-order valence-electron chi connectivity index (χ1n) is 4.48. The summed E-state index contributed by atoms with van der Waals surface area (Å²) in [5.41, 5.74) is 1.10. The number of fused-ring (bicyclic) bond motifs is 1. The van der Waals surface area contributed by atoms with Gasteiger partial charge in [-0.3, -0.25) is 0 Å². The minimum Gasteiger partial charge on any atom is -0.230 e. The molecule has 0 amide bonds. The molecule has 1 aromatic heterocycles. The quantitative estimate of drug-likeness (QED) is 0.449. The van der Waals surface area contributed by atoms with Gasteiger partial charge in [-0.2, -0.15) is 0 Å². The van der Waals surface area contributed by atoms with Crippen molar-refractivity contribution in [1.82, 2.24) is 4.98 Å². The molecule has 15 heavy (non-hydrogen) atoms. The Morgan fingerprint density at radius 1 is 1.47 bits per heavy atom. The number of benzene rings is 1. The second kappa shape index (κ2) is 5.70. The molecule has 0 aliphatic rings. The number of para-hydroxylation sites is 1. The zero-order valence-corrected chi connectivity index (χ0v) is 12.4. The third-order valence-electron chi connectivity index (χ3n) is 1.83. The maximum absolute atomic E-state index is 5.76. The van der Waals surface area contributed by atoms with Gasteiger partial charge in [0, 0.05) is 15.6 Å². The third-order valence-corrected chi connectivity index (χ3v) is 6.54. The molecule has 0 radical (unpaired) electrons. The summed E-state index contributed by atoms with van der Waals surface area (Å²) < 4.78 is 2.92. The molecule has 0 bridgehead atoms. The lowest BCUT2D eigenvalue weighted by Crippen LogP contribution is -2.01. The second-order valence-electron chi connectivity index (χ2n) is 3.01. The van der Waals surface area contributed by atoms with E-state index in [0.29, 0.717) is 9.80 Å². The van der Waals surface area contributed by atoms with Crippen LogP contribution in [0.3, 0.4) is 0 Å². The predicted octanol–water partition coefficient (Wildman–Crippen LogP) is 4.43. The number of aromatic nitrogens is 1. The monoisotopic (exact) mass is 369 g/mol. The van der Waals surface area contributed by atoms with E-state index in [9.17, 15) is 0 Å². The summed E-state index contributed by atoms with van der Waals surface area (Å²) in [6.07, 6.45) is 0. The van der Waals surface area contributed by atoms with Crippen LogP contribution in [0.1, 0.15) is 0 Å². The Morgan fingerprint density at radius 2 is 2.27 bits per heavy atom. The van der Waals surface area contributed by atoms with Crippen molar-refractivity contribution in [3.05, 3.63) is 24.3 Å². The van der Waals surface area contributed by atoms with Gasteiger partial charge >= 0.3 is 0 Å². The van der Waals surface area contributed by atoms with E-state index >= 15 is 0 Å². The molecule has 0 fully saturated rings. The smallest absolute Gasteiger partial charge is 0.151 e.